The van der Waals surface area contributed by atoms with Crippen LogP contribution in [0.4, 0.5) is 0 Å². The van der Waals surface area contributed by atoms with E-state index in [1.807, 2.05) is 0 Å². The zero-order valence-corrected chi connectivity index (χ0v) is 12.6. The molecule has 2 nitrogen and oxygen atoms in total. The molecule has 17 heavy (non-hydrogen) atoms. The van der Waals surface area contributed by atoms with Crippen LogP contribution in [-0.4, -0.2) is 43.0 Å². The first-order chi connectivity index (χ1) is 8.19. The highest BCUT2D eigenvalue weighted by molar-refractivity contribution is 7.80. The maximum absolute atomic E-state index is 5.77. The second kappa shape index (κ2) is 7.65. The van der Waals surface area contributed by atoms with Crippen LogP contribution in [0, 0.1) is 5.41 Å². The third-order valence-corrected chi connectivity index (χ3v) is 4.93. The van der Waals surface area contributed by atoms with E-state index in [1.165, 1.54) is 38.8 Å². The Kier molecular flexibility index (Phi) is 6.90. The predicted molar refractivity (Wildman–Crippen MR) is 78.0 cm³/mol. The minimum Gasteiger partial charge on any atom is -0.377 e. The van der Waals surface area contributed by atoms with E-state index < -0.39 is 0 Å². The van der Waals surface area contributed by atoms with Gasteiger partial charge in [-0.25, -0.2) is 0 Å². The molecule has 0 aliphatic carbocycles. The summed E-state index contributed by atoms with van der Waals surface area (Å²) in [4.78, 5) is 2.59. The molecule has 0 aromatic carbocycles. The van der Waals surface area contributed by atoms with Gasteiger partial charge >= 0.3 is 0 Å². The summed E-state index contributed by atoms with van der Waals surface area (Å²) in [6.07, 6.45) is 5.42. The van der Waals surface area contributed by atoms with Gasteiger partial charge in [0.2, 0.25) is 0 Å². The van der Waals surface area contributed by atoms with E-state index >= 15 is 0 Å². The van der Waals surface area contributed by atoms with Crippen LogP contribution in [0.5, 0.6) is 0 Å². The lowest BCUT2D eigenvalue weighted by atomic mass is 9.83. The zero-order valence-electron chi connectivity index (χ0n) is 11.7. The first-order valence-corrected chi connectivity index (χ1v) is 7.77. The molecule has 1 fully saturated rings. The Morgan fingerprint density at radius 2 is 2.00 bits per heavy atom. The van der Waals surface area contributed by atoms with Gasteiger partial charge in [-0.1, -0.05) is 13.8 Å². The Morgan fingerprint density at radius 3 is 2.53 bits per heavy atom. The number of nitrogens with zero attached hydrogens (tertiary/aromatic N) is 1. The number of piperidine rings is 1. The molecule has 0 saturated carbocycles. The van der Waals surface area contributed by atoms with Gasteiger partial charge in [0.1, 0.15) is 0 Å². The minimum absolute atomic E-state index is 0.400. The van der Waals surface area contributed by atoms with Gasteiger partial charge < -0.3 is 9.64 Å². The lowest BCUT2D eigenvalue weighted by Gasteiger charge is -2.40. The van der Waals surface area contributed by atoms with Crippen LogP contribution in [0.15, 0.2) is 0 Å². The largest absolute Gasteiger partial charge is 0.377 e. The van der Waals surface area contributed by atoms with Crippen molar-refractivity contribution in [3.8, 4) is 0 Å². The smallest absolute Gasteiger partial charge is 0.0702 e. The van der Waals surface area contributed by atoms with Gasteiger partial charge in [0.15, 0.2) is 0 Å². The van der Waals surface area contributed by atoms with Crippen LogP contribution < -0.4 is 0 Å². The van der Waals surface area contributed by atoms with Gasteiger partial charge in [0.05, 0.1) is 6.10 Å². The van der Waals surface area contributed by atoms with Gasteiger partial charge in [-0.3, -0.25) is 0 Å². The summed E-state index contributed by atoms with van der Waals surface area (Å²) >= 11 is 4.57. The first kappa shape index (κ1) is 15.3. The quantitative estimate of drug-likeness (QED) is 0.705. The zero-order chi connectivity index (χ0) is 12.7. The Labute approximate surface area is 113 Å². The Morgan fingerprint density at radius 1 is 1.29 bits per heavy atom. The van der Waals surface area contributed by atoms with Gasteiger partial charge in [0, 0.05) is 19.7 Å². The molecule has 0 amide bonds. The molecule has 1 saturated heterocycles. The van der Waals surface area contributed by atoms with E-state index in [-0.39, 0.29) is 0 Å². The van der Waals surface area contributed by atoms with Crippen molar-refractivity contribution >= 4 is 12.6 Å². The highest BCUT2D eigenvalue weighted by atomic mass is 32.1. The van der Waals surface area contributed by atoms with Crippen LogP contribution in [0.2, 0.25) is 0 Å². The fourth-order valence-electron chi connectivity index (χ4n) is 2.75. The maximum Gasteiger partial charge on any atom is 0.0702 e. The Hall–Kier alpha value is 0.270. The third kappa shape index (κ3) is 4.46. The number of thiol groups is 1. The first-order valence-electron chi connectivity index (χ1n) is 7.14. The predicted octanol–water partition coefficient (Wildman–Crippen LogP) is 3.22. The second-order valence-corrected chi connectivity index (χ2v) is 5.64. The molecule has 1 aliphatic heterocycles. The summed E-state index contributed by atoms with van der Waals surface area (Å²) in [5.41, 5.74) is 0.400. The van der Waals surface area contributed by atoms with Crippen LogP contribution in [-0.2, 0) is 4.74 Å². The Bertz CT molecular complexity index is 196. The standard InChI is InChI=1S/C14H29NOS/c1-4-14(5-2,12-17)11-15-9-7-8-13(10-15)16-6-3/h13,17H,4-12H2,1-3H3. The van der Waals surface area contributed by atoms with Crippen LogP contribution >= 0.6 is 12.6 Å². The molecule has 0 bridgehead atoms. The number of likely N-dealkylation sites (tertiary alicyclic amines) is 1. The van der Waals surface area contributed by atoms with Crippen molar-refractivity contribution in [3.63, 3.8) is 0 Å². The molecule has 102 valence electrons. The molecule has 0 radical (unpaired) electrons. The van der Waals surface area contributed by atoms with E-state index in [4.69, 9.17) is 4.74 Å². The van der Waals surface area contributed by atoms with Crippen molar-refractivity contribution in [1.82, 2.24) is 4.90 Å². The van der Waals surface area contributed by atoms with Gasteiger partial charge in [-0.05, 0) is 50.3 Å². The van der Waals surface area contributed by atoms with Crippen LogP contribution in [0.25, 0.3) is 0 Å². The van der Waals surface area contributed by atoms with Crippen LogP contribution in [0.1, 0.15) is 46.5 Å². The van der Waals surface area contributed by atoms with Crippen molar-refractivity contribution in [2.75, 3.05) is 32.0 Å². The summed E-state index contributed by atoms with van der Waals surface area (Å²) in [6.45, 7) is 11.1. The molecule has 0 aromatic rings. The van der Waals surface area contributed by atoms with E-state index in [0.29, 0.717) is 11.5 Å². The highest BCUT2D eigenvalue weighted by Crippen LogP contribution is 2.30. The molecule has 0 N–H and O–H groups in total. The summed E-state index contributed by atoms with van der Waals surface area (Å²) in [7, 11) is 0. The SMILES string of the molecule is CCOC1CCCN(CC(CC)(CC)CS)C1. The second-order valence-electron chi connectivity index (χ2n) is 5.32. The average molecular weight is 259 g/mol. The van der Waals surface area contributed by atoms with Crippen molar-refractivity contribution < 1.29 is 4.74 Å². The topological polar surface area (TPSA) is 12.5 Å². The van der Waals surface area contributed by atoms with Gasteiger partial charge in [-0.15, -0.1) is 0 Å². The van der Waals surface area contributed by atoms with E-state index in [1.54, 1.807) is 0 Å². The summed E-state index contributed by atoms with van der Waals surface area (Å²) in [5.74, 6) is 0.996. The number of hydrogen-bond donors (Lipinski definition) is 1. The van der Waals surface area contributed by atoms with E-state index in [2.05, 4.69) is 38.3 Å². The summed E-state index contributed by atoms with van der Waals surface area (Å²) in [5, 5.41) is 0. The molecule has 3 heteroatoms. The summed E-state index contributed by atoms with van der Waals surface area (Å²) < 4.78 is 5.77. The monoisotopic (exact) mass is 259 g/mol. The molecule has 0 spiro atoms. The summed E-state index contributed by atoms with van der Waals surface area (Å²) in [6, 6.07) is 0. The number of ether oxygens (including phenoxy) is 1. The molecular weight excluding hydrogens is 230 g/mol. The average Bonchev–Trinajstić information content (AvgIpc) is 2.37. The van der Waals surface area contributed by atoms with Gasteiger partial charge in [0.25, 0.3) is 0 Å². The Balaban J connectivity index is 2.49. The fraction of sp³-hybridized carbons (Fsp3) is 1.00. The lowest BCUT2D eigenvalue weighted by molar-refractivity contribution is -0.00552. The third-order valence-electron chi connectivity index (χ3n) is 4.26. The molecule has 1 unspecified atom stereocenters. The molecule has 0 aromatic heterocycles. The fourth-order valence-corrected chi connectivity index (χ4v) is 3.30. The van der Waals surface area contributed by atoms with Gasteiger partial charge in [-0.2, -0.15) is 12.6 Å². The van der Waals surface area contributed by atoms with Crippen molar-refractivity contribution in [1.29, 1.82) is 0 Å². The van der Waals surface area contributed by atoms with Crippen molar-refractivity contribution in [3.05, 3.63) is 0 Å². The lowest BCUT2D eigenvalue weighted by Crippen LogP contribution is -2.46. The van der Waals surface area contributed by atoms with E-state index in [0.717, 1.165) is 18.9 Å². The van der Waals surface area contributed by atoms with Crippen molar-refractivity contribution in [2.24, 2.45) is 5.41 Å². The maximum atomic E-state index is 5.77. The number of rotatable bonds is 7. The molecule has 1 atom stereocenters. The molecule has 1 aliphatic rings. The van der Waals surface area contributed by atoms with E-state index in [9.17, 15) is 0 Å². The van der Waals surface area contributed by atoms with Crippen molar-refractivity contribution in [2.45, 2.75) is 52.6 Å². The normalized spacial score (nSPS) is 22.9. The number of hydrogen-bond acceptors (Lipinski definition) is 3. The molecular formula is C14H29NOS. The molecule has 1 rings (SSSR count). The highest BCUT2D eigenvalue weighted by Gasteiger charge is 2.30. The molecule has 1 heterocycles. The minimum atomic E-state index is 0.400. The van der Waals surface area contributed by atoms with Crippen LogP contribution in [0.3, 0.4) is 0 Å².